The second-order valence-electron chi connectivity index (χ2n) is 9.81. The quantitative estimate of drug-likeness (QED) is 0.209. The highest BCUT2D eigenvalue weighted by molar-refractivity contribution is 6.31. The number of halogens is 1. The smallest absolute Gasteiger partial charge is 0.280 e. The van der Waals surface area contributed by atoms with Crippen molar-refractivity contribution in [2.24, 2.45) is 0 Å². The normalized spacial score (nSPS) is 18.4. The van der Waals surface area contributed by atoms with Crippen LogP contribution in [0, 0.1) is 10.1 Å². The summed E-state index contributed by atoms with van der Waals surface area (Å²) in [5, 5.41) is 21.2. The molecule has 2 fully saturated rings. The lowest BCUT2D eigenvalue weighted by Crippen LogP contribution is -2.48. The topological polar surface area (TPSA) is 92.9 Å². The van der Waals surface area contributed by atoms with Gasteiger partial charge >= 0.3 is 0 Å². The standard InChI is InChI=1S/C26H39ClN2O5/c1-19(30)26-23(27)17-22(18-24(26)29(32)33)34-16-10-4-9-15-25(31)28(20-11-5-2-6-12-20)21-13-7-3-8-14-21/h17-21,30H,2-16H2,1H3. The van der Waals surface area contributed by atoms with Gasteiger partial charge in [-0.2, -0.15) is 0 Å². The van der Waals surface area contributed by atoms with Gasteiger partial charge in [-0.05, 0) is 57.9 Å². The fourth-order valence-electron chi connectivity index (χ4n) is 5.53. The van der Waals surface area contributed by atoms with Gasteiger partial charge in [-0.3, -0.25) is 14.9 Å². The Labute approximate surface area is 208 Å². The average Bonchev–Trinajstić information content (AvgIpc) is 2.82. The molecule has 2 aliphatic carbocycles. The molecule has 0 aliphatic heterocycles. The monoisotopic (exact) mass is 494 g/mol. The number of amides is 1. The van der Waals surface area contributed by atoms with Gasteiger partial charge in [-0.1, -0.05) is 50.1 Å². The number of benzene rings is 1. The summed E-state index contributed by atoms with van der Waals surface area (Å²) in [4.78, 5) is 26.3. The molecule has 1 aromatic carbocycles. The third kappa shape index (κ3) is 7.32. The molecular weight excluding hydrogens is 456 g/mol. The number of aliphatic hydroxyl groups is 1. The number of hydrogen-bond acceptors (Lipinski definition) is 5. The fourth-order valence-corrected chi connectivity index (χ4v) is 5.89. The van der Waals surface area contributed by atoms with E-state index in [2.05, 4.69) is 4.90 Å². The number of carbonyl (C=O) groups excluding carboxylic acids is 1. The second-order valence-corrected chi connectivity index (χ2v) is 10.2. The molecule has 0 saturated heterocycles. The zero-order valence-corrected chi connectivity index (χ0v) is 21.1. The third-order valence-corrected chi connectivity index (χ3v) is 7.54. The summed E-state index contributed by atoms with van der Waals surface area (Å²) >= 11 is 6.14. The van der Waals surface area contributed by atoms with Crippen molar-refractivity contribution in [1.82, 2.24) is 4.90 Å². The molecule has 0 spiro atoms. The predicted molar refractivity (Wildman–Crippen MR) is 133 cm³/mol. The molecule has 2 aliphatic rings. The van der Waals surface area contributed by atoms with Gasteiger partial charge < -0.3 is 14.7 Å². The average molecular weight is 495 g/mol. The molecule has 1 amide bonds. The molecule has 7 nitrogen and oxygen atoms in total. The van der Waals surface area contributed by atoms with Gasteiger partial charge in [-0.15, -0.1) is 0 Å². The summed E-state index contributed by atoms with van der Waals surface area (Å²) in [7, 11) is 0. The van der Waals surface area contributed by atoms with Crippen molar-refractivity contribution in [3.8, 4) is 5.75 Å². The van der Waals surface area contributed by atoms with Crippen molar-refractivity contribution in [2.75, 3.05) is 6.61 Å². The highest BCUT2D eigenvalue weighted by atomic mass is 35.5. The first kappa shape index (κ1) is 26.7. The minimum Gasteiger partial charge on any atom is -0.493 e. The molecule has 8 heteroatoms. The maximum Gasteiger partial charge on any atom is 0.280 e. The van der Waals surface area contributed by atoms with Crippen LogP contribution in [-0.2, 0) is 4.79 Å². The summed E-state index contributed by atoms with van der Waals surface area (Å²) in [5.74, 6) is 0.633. The Balaban J connectivity index is 1.46. The van der Waals surface area contributed by atoms with Crippen molar-refractivity contribution in [2.45, 2.75) is 115 Å². The van der Waals surface area contributed by atoms with Crippen molar-refractivity contribution in [3.05, 3.63) is 32.8 Å². The molecule has 3 rings (SSSR count). The number of nitro groups is 1. The molecule has 2 saturated carbocycles. The van der Waals surface area contributed by atoms with Crippen LogP contribution in [-0.4, -0.2) is 39.5 Å². The third-order valence-electron chi connectivity index (χ3n) is 7.22. The zero-order chi connectivity index (χ0) is 24.5. The van der Waals surface area contributed by atoms with E-state index in [0.29, 0.717) is 36.8 Å². The van der Waals surface area contributed by atoms with Crippen LogP contribution in [0.5, 0.6) is 5.75 Å². The van der Waals surface area contributed by atoms with Crippen LogP contribution < -0.4 is 4.74 Å². The fraction of sp³-hybridized carbons (Fsp3) is 0.731. The van der Waals surface area contributed by atoms with Gasteiger partial charge in [0, 0.05) is 18.5 Å². The van der Waals surface area contributed by atoms with Crippen LogP contribution in [0.1, 0.15) is 108 Å². The molecule has 1 N–H and O–H groups in total. The molecule has 0 bridgehead atoms. The van der Waals surface area contributed by atoms with E-state index < -0.39 is 11.0 Å². The van der Waals surface area contributed by atoms with Gasteiger partial charge in [0.1, 0.15) is 5.75 Å². The Morgan fingerprint density at radius 2 is 1.68 bits per heavy atom. The second kappa shape index (κ2) is 13.3. The van der Waals surface area contributed by atoms with E-state index in [1.54, 1.807) is 0 Å². The zero-order valence-electron chi connectivity index (χ0n) is 20.3. The van der Waals surface area contributed by atoms with E-state index in [1.165, 1.54) is 57.6 Å². The Hall–Kier alpha value is -1.86. The van der Waals surface area contributed by atoms with Crippen LogP contribution in [0.2, 0.25) is 5.02 Å². The minimum atomic E-state index is -1.04. The van der Waals surface area contributed by atoms with Gasteiger partial charge in [-0.25, -0.2) is 0 Å². The van der Waals surface area contributed by atoms with Gasteiger partial charge in [0.15, 0.2) is 0 Å². The molecule has 0 aromatic heterocycles. The number of carbonyl (C=O) groups is 1. The van der Waals surface area contributed by atoms with Gasteiger partial charge in [0.25, 0.3) is 5.69 Å². The summed E-state index contributed by atoms with van der Waals surface area (Å²) in [6, 6.07) is 3.67. The number of aliphatic hydroxyl groups excluding tert-OH is 1. The van der Waals surface area contributed by atoms with Crippen molar-refractivity contribution in [3.63, 3.8) is 0 Å². The van der Waals surface area contributed by atoms with E-state index in [4.69, 9.17) is 16.3 Å². The Bertz CT molecular complexity index is 802. The van der Waals surface area contributed by atoms with Crippen LogP contribution >= 0.6 is 11.6 Å². The van der Waals surface area contributed by atoms with Crippen LogP contribution in [0.3, 0.4) is 0 Å². The molecule has 0 radical (unpaired) electrons. The van der Waals surface area contributed by atoms with Crippen molar-refractivity contribution >= 4 is 23.2 Å². The molecule has 190 valence electrons. The van der Waals surface area contributed by atoms with E-state index >= 15 is 0 Å². The summed E-state index contributed by atoms with van der Waals surface area (Å²) in [6.07, 6.45) is 14.1. The number of nitro benzene ring substituents is 1. The lowest BCUT2D eigenvalue weighted by molar-refractivity contribution is -0.386. The number of ether oxygens (including phenoxy) is 1. The molecule has 34 heavy (non-hydrogen) atoms. The van der Waals surface area contributed by atoms with Crippen molar-refractivity contribution < 1.29 is 19.6 Å². The molecular formula is C26H39ClN2O5. The Kier molecular flexibility index (Phi) is 10.5. The minimum absolute atomic E-state index is 0.0954. The summed E-state index contributed by atoms with van der Waals surface area (Å²) < 4.78 is 5.69. The highest BCUT2D eigenvalue weighted by Crippen LogP contribution is 2.36. The van der Waals surface area contributed by atoms with Crippen LogP contribution in [0.4, 0.5) is 5.69 Å². The lowest BCUT2D eigenvalue weighted by Gasteiger charge is -2.42. The molecule has 1 atom stereocenters. The largest absolute Gasteiger partial charge is 0.493 e. The maximum atomic E-state index is 13.2. The SMILES string of the molecule is CC(O)c1c(Cl)cc(OCCCCCC(=O)N(C2CCCCC2)C2CCCCC2)cc1[N+](=O)[O-]. The van der Waals surface area contributed by atoms with Crippen molar-refractivity contribution in [1.29, 1.82) is 0 Å². The highest BCUT2D eigenvalue weighted by Gasteiger charge is 2.32. The van der Waals surface area contributed by atoms with Crippen LogP contribution in [0.15, 0.2) is 12.1 Å². The maximum absolute atomic E-state index is 13.2. The number of hydrogen-bond donors (Lipinski definition) is 1. The lowest BCUT2D eigenvalue weighted by atomic mass is 9.88. The summed E-state index contributed by atoms with van der Waals surface area (Å²) in [5.41, 5.74) is -0.147. The molecule has 0 heterocycles. The first-order valence-corrected chi connectivity index (χ1v) is 13.4. The Morgan fingerprint density at radius 1 is 1.09 bits per heavy atom. The Morgan fingerprint density at radius 3 is 2.21 bits per heavy atom. The summed E-state index contributed by atoms with van der Waals surface area (Å²) in [6.45, 7) is 1.84. The van der Waals surface area contributed by atoms with Gasteiger partial charge in [0.05, 0.1) is 34.3 Å². The van der Waals surface area contributed by atoms with Crippen LogP contribution in [0.25, 0.3) is 0 Å². The van der Waals surface area contributed by atoms with Gasteiger partial charge in [0.2, 0.25) is 5.91 Å². The van der Waals surface area contributed by atoms with E-state index in [0.717, 1.165) is 44.9 Å². The van der Waals surface area contributed by atoms with E-state index in [1.807, 2.05) is 0 Å². The molecule has 1 aromatic rings. The van der Waals surface area contributed by atoms with E-state index in [9.17, 15) is 20.0 Å². The molecule has 1 unspecified atom stereocenters. The number of nitrogens with zero attached hydrogens (tertiary/aromatic N) is 2. The number of unbranched alkanes of at least 4 members (excludes halogenated alkanes) is 2. The number of rotatable bonds is 11. The van der Waals surface area contributed by atoms with E-state index in [-0.39, 0.29) is 16.3 Å². The first-order chi connectivity index (χ1) is 16.4. The predicted octanol–water partition coefficient (Wildman–Crippen LogP) is 6.73. The first-order valence-electron chi connectivity index (χ1n) is 13.0.